The van der Waals surface area contributed by atoms with Gasteiger partial charge in [0.25, 0.3) is 0 Å². The van der Waals surface area contributed by atoms with Gasteiger partial charge in [-0.15, -0.1) is 11.3 Å². The van der Waals surface area contributed by atoms with Crippen molar-refractivity contribution in [1.29, 1.82) is 0 Å². The van der Waals surface area contributed by atoms with Gasteiger partial charge in [0.2, 0.25) is 0 Å². The number of fused-ring (bicyclic) bond motifs is 1. The van der Waals surface area contributed by atoms with Crippen LogP contribution in [0.15, 0.2) is 23.6 Å². The zero-order chi connectivity index (χ0) is 17.8. The molecule has 0 fully saturated rings. The van der Waals surface area contributed by atoms with Crippen LogP contribution in [0.1, 0.15) is 42.1 Å². The van der Waals surface area contributed by atoms with Gasteiger partial charge in [-0.3, -0.25) is 0 Å². The van der Waals surface area contributed by atoms with Gasteiger partial charge in [-0.25, -0.2) is 14.2 Å². The lowest BCUT2D eigenvalue weighted by Gasteiger charge is -2.23. The van der Waals surface area contributed by atoms with Gasteiger partial charge in [-0.1, -0.05) is 6.92 Å². The monoisotopic (exact) mass is 363 g/mol. The van der Waals surface area contributed by atoms with Crippen LogP contribution in [-0.4, -0.2) is 29.6 Å². The lowest BCUT2D eigenvalue weighted by atomic mass is 10.0. The van der Waals surface area contributed by atoms with Crippen molar-refractivity contribution in [2.24, 2.45) is 0 Å². The van der Waals surface area contributed by atoms with E-state index in [4.69, 9.17) is 4.74 Å². The third kappa shape index (κ3) is 4.28. The fraction of sp³-hybridized carbons (Fsp3) is 0.444. The van der Waals surface area contributed by atoms with Crippen LogP contribution in [0.3, 0.4) is 0 Å². The molecule has 0 bridgehead atoms. The molecular weight excluding hydrogens is 341 g/mol. The third-order valence-electron chi connectivity index (χ3n) is 4.19. The number of rotatable bonds is 4. The quantitative estimate of drug-likeness (QED) is 0.896. The Morgan fingerprint density at radius 3 is 3.12 bits per heavy atom. The summed E-state index contributed by atoms with van der Waals surface area (Å²) < 4.78 is 19.3. The average Bonchev–Trinajstić information content (AvgIpc) is 2.96. The summed E-state index contributed by atoms with van der Waals surface area (Å²) in [6.45, 7) is 3.07. The van der Waals surface area contributed by atoms with Gasteiger partial charge in [-0.05, 0) is 37.5 Å². The van der Waals surface area contributed by atoms with Crippen molar-refractivity contribution in [1.82, 2.24) is 15.2 Å². The van der Waals surface area contributed by atoms with Crippen LogP contribution >= 0.6 is 11.3 Å². The molecule has 1 atom stereocenters. The van der Waals surface area contributed by atoms with Gasteiger partial charge in [-0.2, -0.15) is 0 Å². The summed E-state index contributed by atoms with van der Waals surface area (Å²) in [5, 5.41) is 6.04. The van der Waals surface area contributed by atoms with Crippen LogP contribution in [0.4, 0.5) is 9.18 Å². The van der Waals surface area contributed by atoms with E-state index in [9.17, 15) is 9.18 Å². The van der Waals surface area contributed by atoms with E-state index in [-0.39, 0.29) is 17.9 Å². The molecule has 3 rings (SSSR count). The SMILES string of the molecule is CCc1nc(CN(C)C(=O)N[C@H]2CCCOc3ccc(F)cc32)cs1. The van der Waals surface area contributed by atoms with Gasteiger partial charge in [0.15, 0.2) is 0 Å². The second-order valence-corrected chi connectivity index (χ2v) is 7.06. The Balaban J connectivity index is 1.68. The number of nitrogens with zero attached hydrogens (tertiary/aromatic N) is 2. The van der Waals surface area contributed by atoms with Crippen molar-refractivity contribution >= 4 is 17.4 Å². The normalized spacial score (nSPS) is 16.5. The predicted octanol–water partition coefficient (Wildman–Crippen LogP) is 3.90. The first-order valence-corrected chi connectivity index (χ1v) is 9.32. The Hall–Kier alpha value is -2.15. The molecule has 1 N–H and O–H groups in total. The fourth-order valence-electron chi connectivity index (χ4n) is 2.86. The number of halogens is 1. The molecule has 1 aliphatic heterocycles. The largest absolute Gasteiger partial charge is 0.493 e. The number of nitrogens with one attached hydrogen (secondary N) is 1. The second kappa shape index (κ2) is 7.82. The Morgan fingerprint density at radius 2 is 2.36 bits per heavy atom. The number of benzene rings is 1. The van der Waals surface area contributed by atoms with Crippen LogP contribution < -0.4 is 10.1 Å². The molecule has 0 saturated carbocycles. The van der Waals surface area contributed by atoms with Crippen LogP contribution in [0.5, 0.6) is 5.75 Å². The topological polar surface area (TPSA) is 54.5 Å². The van der Waals surface area contributed by atoms with E-state index in [2.05, 4.69) is 17.2 Å². The van der Waals surface area contributed by atoms with Crippen molar-refractivity contribution in [3.63, 3.8) is 0 Å². The van der Waals surface area contributed by atoms with Gasteiger partial charge >= 0.3 is 6.03 Å². The molecule has 1 aromatic heterocycles. The van der Waals surface area contributed by atoms with Crippen molar-refractivity contribution in [3.8, 4) is 5.75 Å². The number of hydrogen-bond donors (Lipinski definition) is 1. The predicted molar refractivity (Wildman–Crippen MR) is 95.4 cm³/mol. The summed E-state index contributed by atoms with van der Waals surface area (Å²) >= 11 is 1.61. The van der Waals surface area contributed by atoms with E-state index in [1.54, 1.807) is 29.4 Å². The highest BCUT2D eigenvalue weighted by molar-refractivity contribution is 7.09. The molecule has 2 aromatic rings. The van der Waals surface area contributed by atoms with E-state index < -0.39 is 0 Å². The molecule has 0 spiro atoms. The molecular formula is C18H22FN3O2S. The Kier molecular flexibility index (Phi) is 5.53. The van der Waals surface area contributed by atoms with E-state index >= 15 is 0 Å². The van der Waals surface area contributed by atoms with E-state index in [0.717, 1.165) is 23.5 Å². The molecule has 2 heterocycles. The average molecular weight is 363 g/mol. The van der Waals surface area contributed by atoms with Gasteiger partial charge in [0, 0.05) is 18.0 Å². The first kappa shape index (κ1) is 17.7. The number of aryl methyl sites for hydroxylation is 1. The highest BCUT2D eigenvalue weighted by Gasteiger charge is 2.23. The minimum absolute atomic E-state index is 0.201. The van der Waals surface area contributed by atoms with Gasteiger partial charge < -0.3 is 15.0 Å². The second-order valence-electron chi connectivity index (χ2n) is 6.12. The summed E-state index contributed by atoms with van der Waals surface area (Å²) in [6.07, 6.45) is 2.41. The first-order valence-electron chi connectivity index (χ1n) is 8.44. The summed E-state index contributed by atoms with van der Waals surface area (Å²) in [7, 11) is 1.74. The Morgan fingerprint density at radius 1 is 1.52 bits per heavy atom. The number of aromatic nitrogens is 1. The molecule has 1 aliphatic rings. The van der Waals surface area contributed by atoms with Crippen LogP contribution in [0, 0.1) is 5.82 Å². The lowest BCUT2D eigenvalue weighted by Crippen LogP contribution is -2.39. The molecule has 1 aromatic carbocycles. The smallest absolute Gasteiger partial charge is 0.317 e. The molecule has 0 aliphatic carbocycles. The van der Waals surface area contributed by atoms with Crippen molar-refractivity contribution in [3.05, 3.63) is 45.7 Å². The lowest BCUT2D eigenvalue weighted by molar-refractivity contribution is 0.201. The summed E-state index contributed by atoms with van der Waals surface area (Å²) in [5.41, 5.74) is 1.58. The maximum atomic E-state index is 13.6. The molecule has 5 nitrogen and oxygen atoms in total. The number of thiazole rings is 1. The third-order valence-corrected chi connectivity index (χ3v) is 5.23. The van der Waals surface area contributed by atoms with E-state index in [1.807, 2.05) is 5.38 Å². The minimum atomic E-state index is -0.327. The van der Waals surface area contributed by atoms with E-state index in [0.29, 0.717) is 30.9 Å². The molecule has 2 amide bonds. The molecule has 7 heteroatoms. The zero-order valence-electron chi connectivity index (χ0n) is 14.4. The molecule has 0 radical (unpaired) electrons. The maximum absolute atomic E-state index is 13.6. The standard InChI is InChI=1S/C18H22FN3O2S/c1-3-17-20-13(11-25-17)10-22(2)18(23)21-15-5-4-8-24-16-7-6-12(19)9-14(15)16/h6-7,9,11,15H,3-5,8,10H2,1-2H3,(H,21,23)/t15-/m0/s1. The maximum Gasteiger partial charge on any atom is 0.317 e. The first-order chi connectivity index (χ1) is 12.1. The molecule has 0 unspecified atom stereocenters. The van der Waals surface area contributed by atoms with Gasteiger partial charge in [0.1, 0.15) is 11.6 Å². The molecule has 134 valence electrons. The fourth-order valence-corrected chi connectivity index (χ4v) is 3.59. The number of urea groups is 1. The Labute approximate surface area is 150 Å². The van der Waals surface area contributed by atoms with Crippen molar-refractivity contribution in [2.75, 3.05) is 13.7 Å². The molecule has 0 saturated heterocycles. The van der Waals surface area contributed by atoms with Crippen molar-refractivity contribution in [2.45, 2.75) is 38.8 Å². The summed E-state index contributed by atoms with van der Waals surface area (Å²) in [6, 6.07) is 3.99. The number of carbonyl (C=O) groups is 1. The number of carbonyl (C=O) groups excluding carboxylic acids is 1. The summed E-state index contributed by atoms with van der Waals surface area (Å²) in [4.78, 5) is 18.6. The number of amides is 2. The summed E-state index contributed by atoms with van der Waals surface area (Å²) in [5.74, 6) is 0.311. The van der Waals surface area contributed by atoms with Gasteiger partial charge in [0.05, 0.1) is 29.9 Å². The zero-order valence-corrected chi connectivity index (χ0v) is 15.2. The van der Waals surface area contributed by atoms with Crippen LogP contribution in [0.2, 0.25) is 0 Å². The van der Waals surface area contributed by atoms with E-state index in [1.165, 1.54) is 12.1 Å². The minimum Gasteiger partial charge on any atom is -0.493 e. The molecule has 25 heavy (non-hydrogen) atoms. The highest BCUT2D eigenvalue weighted by atomic mass is 32.1. The number of hydrogen-bond acceptors (Lipinski definition) is 4. The highest BCUT2D eigenvalue weighted by Crippen LogP contribution is 2.32. The number of ether oxygens (including phenoxy) is 1. The van der Waals surface area contributed by atoms with Crippen molar-refractivity contribution < 1.29 is 13.9 Å². The van der Waals surface area contributed by atoms with Crippen LogP contribution in [-0.2, 0) is 13.0 Å². The Bertz CT molecular complexity index is 750. The van der Waals surface area contributed by atoms with Crippen LogP contribution in [0.25, 0.3) is 0 Å².